The topological polar surface area (TPSA) is 105 Å². The molecule has 34 heavy (non-hydrogen) atoms. The monoisotopic (exact) mass is 484 g/mol. The minimum Gasteiger partial charge on any atom is -0.465 e. The molecule has 0 unspecified atom stereocenters. The molecule has 180 valence electrons. The smallest absolute Gasteiger partial charge is 0.339 e. The second kappa shape index (κ2) is 9.36. The molecule has 2 fully saturated rings. The first-order valence-corrected chi connectivity index (χ1v) is 12.9. The minimum absolute atomic E-state index is 0.0429. The molecular formula is C24H28N4O5S. The van der Waals surface area contributed by atoms with Gasteiger partial charge in [-0.25, -0.2) is 18.2 Å². The predicted octanol–water partition coefficient (Wildman–Crippen LogP) is 2.75. The van der Waals surface area contributed by atoms with Gasteiger partial charge >= 0.3 is 5.97 Å². The lowest BCUT2D eigenvalue weighted by molar-refractivity contribution is 0.0599. The third-order valence-electron chi connectivity index (χ3n) is 6.63. The Bertz CT molecular complexity index is 1260. The van der Waals surface area contributed by atoms with Gasteiger partial charge in [0.15, 0.2) is 0 Å². The number of sulfonamides is 1. The predicted molar refractivity (Wildman–Crippen MR) is 128 cm³/mol. The molecule has 2 aromatic heterocycles. The highest BCUT2D eigenvalue weighted by atomic mass is 32.2. The highest BCUT2D eigenvalue weighted by molar-refractivity contribution is 7.89. The number of hydrogen-bond donors (Lipinski definition) is 1. The average molecular weight is 485 g/mol. The van der Waals surface area contributed by atoms with E-state index in [2.05, 4.69) is 28.2 Å². The summed E-state index contributed by atoms with van der Waals surface area (Å²) < 4.78 is 38.6. The van der Waals surface area contributed by atoms with E-state index >= 15 is 0 Å². The number of piperidine rings is 1. The van der Waals surface area contributed by atoms with Crippen molar-refractivity contribution in [2.75, 3.05) is 51.4 Å². The normalized spacial score (nSPS) is 18.3. The van der Waals surface area contributed by atoms with Crippen molar-refractivity contribution >= 4 is 32.7 Å². The first-order chi connectivity index (χ1) is 16.5. The van der Waals surface area contributed by atoms with Gasteiger partial charge in [-0.15, -0.1) is 0 Å². The Labute approximate surface area is 198 Å². The summed E-state index contributed by atoms with van der Waals surface area (Å²) in [6, 6.07) is 11.8. The van der Waals surface area contributed by atoms with Gasteiger partial charge in [-0.2, -0.15) is 4.31 Å². The van der Waals surface area contributed by atoms with Gasteiger partial charge in [0.05, 0.1) is 25.9 Å². The number of ether oxygens (including phenoxy) is 2. The second-order valence-corrected chi connectivity index (χ2v) is 10.5. The molecule has 0 atom stereocenters. The highest BCUT2D eigenvalue weighted by Gasteiger charge is 2.33. The van der Waals surface area contributed by atoms with Crippen molar-refractivity contribution in [3.63, 3.8) is 0 Å². The van der Waals surface area contributed by atoms with Gasteiger partial charge in [-0.05, 0) is 36.4 Å². The van der Waals surface area contributed by atoms with E-state index in [9.17, 15) is 13.2 Å². The number of carbonyl (C=O) groups excluding carboxylic acids is 1. The maximum absolute atomic E-state index is 13.5. The van der Waals surface area contributed by atoms with Crippen molar-refractivity contribution in [3.8, 4) is 0 Å². The van der Waals surface area contributed by atoms with E-state index in [4.69, 9.17) is 9.47 Å². The molecule has 4 heterocycles. The van der Waals surface area contributed by atoms with Gasteiger partial charge in [0.2, 0.25) is 10.0 Å². The van der Waals surface area contributed by atoms with E-state index in [1.165, 1.54) is 34.8 Å². The first kappa shape index (κ1) is 22.8. The van der Waals surface area contributed by atoms with Gasteiger partial charge in [0.25, 0.3) is 0 Å². The lowest BCUT2D eigenvalue weighted by atomic mass is 9.93. The van der Waals surface area contributed by atoms with Crippen molar-refractivity contribution in [2.45, 2.75) is 23.7 Å². The minimum atomic E-state index is -3.85. The van der Waals surface area contributed by atoms with Crippen molar-refractivity contribution in [1.82, 2.24) is 14.3 Å². The fourth-order valence-electron chi connectivity index (χ4n) is 4.74. The molecule has 0 aliphatic carbocycles. The number of fused-ring (bicyclic) bond motifs is 1. The van der Waals surface area contributed by atoms with Crippen LogP contribution in [0, 0.1) is 0 Å². The number of aromatic nitrogens is 2. The summed E-state index contributed by atoms with van der Waals surface area (Å²) in [5.74, 6) is 0.126. The molecule has 2 aliphatic rings. The Hall–Kier alpha value is -2.95. The summed E-state index contributed by atoms with van der Waals surface area (Å²) in [7, 11) is -2.59. The van der Waals surface area contributed by atoms with Crippen LogP contribution in [-0.2, 0) is 19.5 Å². The third kappa shape index (κ3) is 4.28. The van der Waals surface area contributed by atoms with Crippen LogP contribution in [0.25, 0.3) is 10.9 Å². The molecule has 9 nitrogen and oxygen atoms in total. The van der Waals surface area contributed by atoms with Crippen LogP contribution < -0.4 is 4.90 Å². The summed E-state index contributed by atoms with van der Waals surface area (Å²) in [5.41, 5.74) is 2.45. The number of morpholine rings is 1. The van der Waals surface area contributed by atoms with Crippen LogP contribution in [0.3, 0.4) is 0 Å². The summed E-state index contributed by atoms with van der Waals surface area (Å²) in [6.45, 7) is 2.55. The van der Waals surface area contributed by atoms with Crippen LogP contribution >= 0.6 is 0 Å². The Balaban J connectivity index is 1.42. The maximum Gasteiger partial charge on any atom is 0.339 e. The molecule has 0 radical (unpaired) electrons. The van der Waals surface area contributed by atoms with Gasteiger partial charge in [-0.3, -0.25) is 0 Å². The van der Waals surface area contributed by atoms with Gasteiger partial charge in [0.1, 0.15) is 10.7 Å². The summed E-state index contributed by atoms with van der Waals surface area (Å²) in [4.78, 5) is 22.1. The first-order valence-electron chi connectivity index (χ1n) is 11.5. The van der Waals surface area contributed by atoms with Crippen LogP contribution in [0.15, 0.2) is 47.5 Å². The molecule has 0 spiro atoms. The fourth-order valence-corrected chi connectivity index (χ4v) is 6.33. The summed E-state index contributed by atoms with van der Waals surface area (Å²) >= 11 is 0. The number of hydrogen-bond acceptors (Lipinski definition) is 7. The Morgan fingerprint density at radius 2 is 1.85 bits per heavy atom. The van der Waals surface area contributed by atoms with E-state index in [1.54, 1.807) is 0 Å². The van der Waals surface area contributed by atoms with Gasteiger partial charge in [-0.1, -0.05) is 18.2 Å². The lowest BCUT2D eigenvalue weighted by Crippen LogP contribution is -2.42. The van der Waals surface area contributed by atoms with Crippen molar-refractivity contribution < 1.29 is 22.7 Å². The molecule has 3 aromatic rings. The van der Waals surface area contributed by atoms with Crippen LogP contribution in [0.1, 0.15) is 34.8 Å². The number of pyridine rings is 1. The Morgan fingerprint density at radius 1 is 1.12 bits per heavy atom. The molecule has 1 aromatic carbocycles. The van der Waals surface area contributed by atoms with E-state index < -0.39 is 16.0 Å². The highest BCUT2D eigenvalue weighted by Crippen LogP contribution is 2.34. The largest absolute Gasteiger partial charge is 0.465 e. The Kier molecular flexibility index (Phi) is 6.28. The zero-order valence-corrected chi connectivity index (χ0v) is 19.9. The number of aromatic amines is 1. The average Bonchev–Trinajstić information content (AvgIpc) is 3.33. The fraction of sp³-hybridized carbons (Fsp3) is 0.417. The van der Waals surface area contributed by atoms with Crippen molar-refractivity contribution in [3.05, 3.63) is 53.9 Å². The van der Waals surface area contributed by atoms with E-state index in [1.807, 2.05) is 17.0 Å². The number of rotatable bonds is 5. The zero-order valence-electron chi connectivity index (χ0n) is 19.1. The number of benzene rings is 1. The number of methoxy groups -OCH3 is 1. The molecule has 1 N–H and O–H groups in total. The van der Waals surface area contributed by atoms with Crippen LogP contribution in [0.4, 0.5) is 5.82 Å². The lowest BCUT2D eigenvalue weighted by Gasteiger charge is -2.34. The zero-order chi connectivity index (χ0) is 23.7. The molecule has 10 heteroatoms. The third-order valence-corrected chi connectivity index (χ3v) is 8.53. The summed E-state index contributed by atoms with van der Waals surface area (Å²) in [5, 5.41) is 1.19. The van der Waals surface area contributed by atoms with Crippen molar-refractivity contribution in [2.24, 2.45) is 0 Å². The quantitative estimate of drug-likeness (QED) is 0.555. The van der Waals surface area contributed by atoms with Gasteiger partial charge < -0.3 is 19.4 Å². The van der Waals surface area contributed by atoms with Crippen LogP contribution in [0.2, 0.25) is 0 Å². The SMILES string of the molecule is COC(=O)c1cnc(N2CCC(c3cc4ccccc4[nH]3)CC2)c(S(=O)(=O)N2CCOCC2)c1. The number of anilines is 1. The second-order valence-electron chi connectivity index (χ2n) is 8.63. The number of nitrogens with one attached hydrogen (secondary N) is 1. The number of H-pyrrole nitrogens is 1. The number of para-hydroxylation sites is 1. The van der Waals surface area contributed by atoms with E-state index in [0.29, 0.717) is 38.0 Å². The molecule has 0 bridgehead atoms. The summed E-state index contributed by atoms with van der Waals surface area (Å²) in [6.07, 6.45) is 3.12. The number of esters is 1. The molecule has 2 aliphatic heterocycles. The molecule has 2 saturated heterocycles. The standard InChI is InChI=1S/C24H28N4O5S/c1-32-24(29)19-15-22(34(30,31)28-10-12-33-13-11-28)23(25-16-19)27-8-6-17(7-9-27)21-14-18-4-2-3-5-20(18)26-21/h2-5,14-17,26H,6-13H2,1H3. The van der Waals surface area contributed by atoms with E-state index in [0.717, 1.165) is 18.4 Å². The van der Waals surface area contributed by atoms with E-state index in [-0.39, 0.29) is 23.5 Å². The molecule has 5 rings (SSSR count). The van der Waals surface area contributed by atoms with Crippen molar-refractivity contribution in [1.29, 1.82) is 0 Å². The van der Waals surface area contributed by atoms with Gasteiger partial charge in [0, 0.05) is 49.5 Å². The van der Waals surface area contributed by atoms with Crippen LogP contribution in [-0.4, -0.2) is 75.2 Å². The maximum atomic E-state index is 13.5. The molecule has 0 amide bonds. The number of carbonyl (C=O) groups is 1. The Morgan fingerprint density at radius 3 is 2.56 bits per heavy atom. The van der Waals surface area contributed by atoms with Crippen LogP contribution in [0.5, 0.6) is 0 Å². The molecule has 0 saturated carbocycles. The number of nitrogens with zero attached hydrogens (tertiary/aromatic N) is 3. The molecular weight excluding hydrogens is 456 g/mol.